The molecular weight excluding hydrogens is 300 g/mol. The Balaban J connectivity index is 1.96. The summed E-state index contributed by atoms with van der Waals surface area (Å²) >= 11 is 0. The largest absolute Gasteiger partial charge is 0.395 e. The van der Waals surface area contributed by atoms with Crippen LogP contribution in [0.25, 0.3) is 0 Å². The Hall–Kier alpha value is -2.27. The van der Waals surface area contributed by atoms with Gasteiger partial charge >= 0.3 is 0 Å². The first-order valence-electron chi connectivity index (χ1n) is 7.46. The number of nitrogens with zero attached hydrogens (tertiary/aromatic N) is 1. The van der Waals surface area contributed by atoms with Gasteiger partial charge in [-0.25, -0.2) is 8.78 Å². The second-order valence-electron chi connectivity index (χ2n) is 5.27. The maximum absolute atomic E-state index is 13.2. The van der Waals surface area contributed by atoms with Crippen molar-refractivity contribution in [2.45, 2.75) is 19.4 Å². The summed E-state index contributed by atoms with van der Waals surface area (Å²) in [4.78, 5) is 13.9. The molecule has 0 heterocycles. The molecule has 0 aliphatic carbocycles. The maximum atomic E-state index is 13.2. The van der Waals surface area contributed by atoms with Crippen molar-refractivity contribution in [3.05, 3.63) is 71.3 Å². The molecule has 0 spiro atoms. The summed E-state index contributed by atoms with van der Waals surface area (Å²) in [5, 5.41) is 9.13. The number of carbonyl (C=O) groups is 1. The highest BCUT2D eigenvalue weighted by molar-refractivity contribution is 5.76. The quantitative estimate of drug-likeness (QED) is 0.852. The van der Waals surface area contributed by atoms with E-state index in [0.717, 1.165) is 17.7 Å². The molecule has 122 valence electrons. The van der Waals surface area contributed by atoms with Crippen molar-refractivity contribution in [3.63, 3.8) is 0 Å². The van der Waals surface area contributed by atoms with Gasteiger partial charge in [-0.15, -0.1) is 0 Å². The Morgan fingerprint density at radius 3 is 2.39 bits per heavy atom. The molecule has 0 bridgehead atoms. The van der Waals surface area contributed by atoms with Crippen LogP contribution in [0.3, 0.4) is 0 Å². The van der Waals surface area contributed by atoms with Crippen LogP contribution >= 0.6 is 0 Å². The molecule has 0 aliphatic heterocycles. The predicted molar refractivity (Wildman–Crippen MR) is 83.6 cm³/mol. The normalized spacial score (nSPS) is 10.6. The predicted octanol–water partition coefficient (Wildman–Crippen LogP) is 2.92. The smallest absolute Gasteiger partial charge is 0.223 e. The third kappa shape index (κ3) is 5.14. The van der Waals surface area contributed by atoms with Crippen molar-refractivity contribution in [3.8, 4) is 0 Å². The summed E-state index contributed by atoms with van der Waals surface area (Å²) in [5.41, 5.74) is 1.54. The number of carbonyl (C=O) groups excluding carboxylic acids is 1. The minimum absolute atomic E-state index is 0.121. The molecule has 0 unspecified atom stereocenters. The molecule has 1 amide bonds. The van der Waals surface area contributed by atoms with E-state index in [2.05, 4.69) is 0 Å². The van der Waals surface area contributed by atoms with Gasteiger partial charge in [0.2, 0.25) is 5.91 Å². The van der Waals surface area contributed by atoms with Crippen molar-refractivity contribution in [2.24, 2.45) is 0 Å². The zero-order valence-corrected chi connectivity index (χ0v) is 12.7. The third-order valence-electron chi connectivity index (χ3n) is 3.55. The lowest BCUT2D eigenvalue weighted by Crippen LogP contribution is -2.33. The highest BCUT2D eigenvalue weighted by Crippen LogP contribution is 2.12. The second kappa shape index (κ2) is 8.39. The average molecular weight is 319 g/mol. The van der Waals surface area contributed by atoms with E-state index in [1.807, 2.05) is 30.3 Å². The fourth-order valence-corrected chi connectivity index (χ4v) is 2.32. The van der Waals surface area contributed by atoms with E-state index in [1.54, 1.807) is 4.90 Å². The first kappa shape index (κ1) is 17.1. The number of aliphatic hydroxyl groups excluding tert-OH is 1. The lowest BCUT2D eigenvalue weighted by molar-refractivity contribution is -0.132. The molecule has 3 nitrogen and oxygen atoms in total. The van der Waals surface area contributed by atoms with Crippen molar-refractivity contribution < 1.29 is 18.7 Å². The highest BCUT2D eigenvalue weighted by atomic mass is 19.2. The van der Waals surface area contributed by atoms with Crippen molar-refractivity contribution in [2.75, 3.05) is 13.2 Å². The van der Waals surface area contributed by atoms with E-state index in [0.29, 0.717) is 18.5 Å². The lowest BCUT2D eigenvalue weighted by Gasteiger charge is -2.22. The number of aliphatic hydroxyl groups is 1. The molecule has 0 aromatic heterocycles. The molecule has 23 heavy (non-hydrogen) atoms. The zero-order chi connectivity index (χ0) is 16.7. The van der Waals surface area contributed by atoms with Gasteiger partial charge in [0.1, 0.15) is 0 Å². The number of benzene rings is 2. The van der Waals surface area contributed by atoms with Crippen LogP contribution in [-0.4, -0.2) is 29.1 Å². The molecule has 2 rings (SSSR count). The van der Waals surface area contributed by atoms with E-state index in [-0.39, 0.29) is 25.5 Å². The maximum Gasteiger partial charge on any atom is 0.223 e. The van der Waals surface area contributed by atoms with Gasteiger partial charge in [-0.3, -0.25) is 4.79 Å². The van der Waals surface area contributed by atoms with Crippen LogP contribution in [-0.2, 0) is 17.8 Å². The molecule has 0 fully saturated rings. The topological polar surface area (TPSA) is 40.5 Å². The summed E-state index contributed by atoms with van der Waals surface area (Å²) in [6.45, 7) is 0.535. The molecule has 0 radical (unpaired) electrons. The molecule has 0 saturated carbocycles. The van der Waals surface area contributed by atoms with E-state index < -0.39 is 11.6 Å². The van der Waals surface area contributed by atoms with E-state index in [1.165, 1.54) is 6.07 Å². The first-order chi connectivity index (χ1) is 11.1. The van der Waals surface area contributed by atoms with E-state index >= 15 is 0 Å². The summed E-state index contributed by atoms with van der Waals surface area (Å²) in [7, 11) is 0. The van der Waals surface area contributed by atoms with Crippen LogP contribution in [0.2, 0.25) is 0 Å². The average Bonchev–Trinajstić information content (AvgIpc) is 2.56. The van der Waals surface area contributed by atoms with Crippen LogP contribution in [0.1, 0.15) is 17.5 Å². The molecule has 2 aromatic rings. The number of hydrogen-bond acceptors (Lipinski definition) is 2. The second-order valence-corrected chi connectivity index (χ2v) is 5.27. The lowest BCUT2D eigenvalue weighted by atomic mass is 10.1. The van der Waals surface area contributed by atoms with Crippen molar-refractivity contribution >= 4 is 5.91 Å². The molecule has 0 aliphatic rings. The molecule has 1 N–H and O–H groups in total. The van der Waals surface area contributed by atoms with Gasteiger partial charge in [-0.1, -0.05) is 36.4 Å². The first-order valence-corrected chi connectivity index (χ1v) is 7.46. The van der Waals surface area contributed by atoms with Gasteiger partial charge in [0.05, 0.1) is 6.61 Å². The summed E-state index contributed by atoms with van der Waals surface area (Å²) in [6, 6.07) is 13.1. The van der Waals surface area contributed by atoms with Gasteiger partial charge < -0.3 is 10.0 Å². The number of hydrogen-bond donors (Lipinski definition) is 1. The molecule has 0 saturated heterocycles. The molecule has 5 heteroatoms. The number of aryl methyl sites for hydroxylation is 1. The fraction of sp³-hybridized carbons (Fsp3) is 0.278. The van der Waals surface area contributed by atoms with Crippen molar-refractivity contribution in [1.82, 2.24) is 4.90 Å². The van der Waals surface area contributed by atoms with Crippen LogP contribution in [0.5, 0.6) is 0 Å². The monoisotopic (exact) mass is 319 g/mol. The molecular formula is C18H19F2NO2. The van der Waals surface area contributed by atoms with Crippen molar-refractivity contribution in [1.29, 1.82) is 0 Å². The minimum atomic E-state index is -0.911. The third-order valence-corrected chi connectivity index (χ3v) is 3.55. The van der Waals surface area contributed by atoms with Crippen LogP contribution in [0, 0.1) is 11.6 Å². The minimum Gasteiger partial charge on any atom is -0.395 e. The van der Waals surface area contributed by atoms with Gasteiger partial charge in [0.25, 0.3) is 0 Å². The Kier molecular flexibility index (Phi) is 6.23. The Morgan fingerprint density at radius 1 is 1.00 bits per heavy atom. The SMILES string of the molecule is O=C(CCc1ccc(F)c(F)c1)N(CCO)Cc1ccccc1. The van der Waals surface area contributed by atoms with Crippen LogP contribution in [0.4, 0.5) is 8.78 Å². The standard InChI is InChI=1S/C18H19F2NO2/c19-16-8-6-14(12-17(16)20)7-9-18(23)21(10-11-22)13-15-4-2-1-3-5-15/h1-6,8,12,22H,7,9-11,13H2. The Morgan fingerprint density at radius 2 is 1.74 bits per heavy atom. The fourth-order valence-electron chi connectivity index (χ4n) is 2.32. The summed E-state index contributed by atoms with van der Waals surface area (Å²) in [5.74, 6) is -1.94. The number of halogens is 2. The zero-order valence-electron chi connectivity index (χ0n) is 12.7. The van der Waals surface area contributed by atoms with Crippen LogP contribution in [0.15, 0.2) is 48.5 Å². The van der Waals surface area contributed by atoms with Crippen LogP contribution < -0.4 is 0 Å². The number of rotatable bonds is 7. The summed E-state index contributed by atoms with van der Waals surface area (Å²) in [6.07, 6.45) is 0.505. The Labute approximate surface area is 134 Å². The summed E-state index contributed by atoms with van der Waals surface area (Å²) < 4.78 is 26.1. The van der Waals surface area contributed by atoms with Gasteiger partial charge in [0.15, 0.2) is 11.6 Å². The Bertz CT molecular complexity index is 647. The van der Waals surface area contributed by atoms with Gasteiger partial charge in [0, 0.05) is 19.5 Å². The molecule has 2 aromatic carbocycles. The van der Waals surface area contributed by atoms with Gasteiger partial charge in [-0.2, -0.15) is 0 Å². The number of amides is 1. The highest BCUT2D eigenvalue weighted by Gasteiger charge is 2.14. The van der Waals surface area contributed by atoms with E-state index in [4.69, 9.17) is 5.11 Å². The van der Waals surface area contributed by atoms with Gasteiger partial charge in [-0.05, 0) is 29.7 Å². The molecule has 0 atom stereocenters. The van der Waals surface area contributed by atoms with E-state index in [9.17, 15) is 13.6 Å².